The van der Waals surface area contributed by atoms with Gasteiger partial charge in [-0.25, -0.2) is 0 Å². The number of rotatable bonds is 3. The molecule has 0 saturated heterocycles. The van der Waals surface area contributed by atoms with E-state index in [9.17, 15) is 18.0 Å². The van der Waals surface area contributed by atoms with Crippen LogP contribution in [0.25, 0.3) is 0 Å². The van der Waals surface area contributed by atoms with E-state index in [1.807, 2.05) is 0 Å². The van der Waals surface area contributed by atoms with Crippen LogP contribution in [0.4, 0.5) is 13.2 Å². The highest BCUT2D eigenvalue weighted by Crippen LogP contribution is 2.32. The molecule has 2 nitrogen and oxygen atoms in total. The van der Waals surface area contributed by atoms with Crippen molar-refractivity contribution in [2.75, 3.05) is 6.54 Å². The van der Waals surface area contributed by atoms with Gasteiger partial charge in [0.15, 0.2) is 0 Å². The molecule has 18 heavy (non-hydrogen) atoms. The number of nitrogens with one attached hydrogen (secondary N) is 1. The van der Waals surface area contributed by atoms with Crippen molar-refractivity contribution in [1.29, 1.82) is 0 Å². The third kappa shape index (κ3) is 5.04. The SMILES string of the molecule is O=C([CH]c1cc(Cl)c(Br)c(Cl)c1)NCC(F)(F)F. The second kappa shape index (κ2) is 6.12. The van der Waals surface area contributed by atoms with Gasteiger partial charge >= 0.3 is 6.18 Å². The molecule has 1 radical (unpaired) electrons. The maximum atomic E-state index is 11.9. The fraction of sp³-hybridized carbons (Fsp3) is 0.200. The standard InChI is InChI=1S/C10H6BrCl2F3NO/c11-9-6(12)1-5(2-7(9)13)3-8(18)17-4-10(14,15)16/h1-3H,4H2,(H,17,18). The number of carbonyl (C=O) groups is 1. The van der Waals surface area contributed by atoms with E-state index in [-0.39, 0.29) is 10.0 Å². The van der Waals surface area contributed by atoms with Crippen LogP contribution < -0.4 is 5.32 Å². The maximum absolute atomic E-state index is 11.9. The summed E-state index contributed by atoms with van der Waals surface area (Å²) in [6.45, 7) is -1.39. The third-order valence-electron chi connectivity index (χ3n) is 1.77. The van der Waals surface area contributed by atoms with E-state index in [1.54, 1.807) is 5.32 Å². The number of halogens is 6. The number of amides is 1. The number of hydrogen-bond donors (Lipinski definition) is 1. The lowest BCUT2D eigenvalue weighted by molar-refractivity contribution is -0.136. The first-order valence-electron chi connectivity index (χ1n) is 4.53. The summed E-state index contributed by atoms with van der Waals surface area (Å²) < 4.78 is 36.0. The third-order valence-corrected chi connectivity index (χ3v) is 3.67. The predicted molar refractivity (Wildman–Crippen MR) is 66.6 cm³/mol. The molecule has 99 valence electrons. The van der Waals surface area contributed by atoms with Gasteiger partial charge in [-0.1, -0.05) is 23.2 Å². The number of hydrogen-bond acceptors (Lipinski definition) is 1. The second-order valence-electron chi connectivity index (χ2n) is 3.28. The van der Waals surface area contributed by atoms with Gasteiger partial charge in [-0.15, -0.1) is 0 Å². The average molecular weight is 364 g/mol. The Morgan fingerprint density at radius 2 is 1.83 bits per heavy atom. The minimum absolute atomic E-state index is 0.261. The Bertz CT molecular complexity index is 442. The first-order valence-corrected chi connectivity index (χ1v) is 6.08. The van der Waals surface area contributed by atoms with E-state index in [2.05, 4.69) is 15.9 Å². The Kier molecular flexibility index (Phi) is 5.31. The van der Waals surface area contributed by atoms with Crippen LogP contribution in [0.15, 0.2) is 16.6 Å². The molecule has 0 aliphatic carbocycles. The molecule has 0 aliphatic rings. The summed E-state index contributed by atoms with van der Waals surface area (Å²) >= 11 is 14.7. The van der Waals surface area contributed by atoms with Gasteiger partial charge in [0.1, 0.15) is 6.54 Å². The highest BCUT2D eigenvalue weighted by molar-refractivity contribution is 9.10. The molecule has 1 aromatic rings. The van der Waals surface area contributed by atoms with Crippen LogP contribution in [0.3, 0.4) is 0 Å². The van der Waals surface area contributed by atoms with Crippen LogP contribution in [-0.4, -0.2) is 18.6 Å². The summed E-state index contributed by atoms with van der Waals surface area (Å²) in [7, 11) is 0. The zero-order valence-corrected chi connectivity index (χ0v) is 11.7. The highest BCUT2D eigenvalue weighted by Gasteiger charge is 2.27. The first-order chi connectivity index (χ1) is 8.19. The van der Waals surface area contributed by atoms with Gasteiger partial charge in [0.05, 0.1) is 20.9 Å². The molecule has 1 aromatic carbocycles. The van der Waals surface area contributed by atoms with Crippen molar-refractivity contribution in [1.82, 2.24) is 5.32 Å². The minimum atomic E-state index is -4.45. The molecule has 0 bridgehead atoms. The molecule has 0 atom stereocenters. The second-order valence-corrected chi connectivity index (χ2v) is 4.88. The smallest absolute Gasteiger partial charge is 0.346 e. The summed E-state index contributed by atoms with van der Waals surface area (Å²) in [4.78, 5) is 11.2. The van der Waals surface area contributed by atoms with Gasteiger partial charge in [-0.3, -0.25) is 4.79 Å². The Hall–Kier alpha value is -0.460. The van der Waals surface area contributed by atoms with Gasteiger partial charge in [-0.2, -0.15) is 13.2 Å². The normalized spacial score (nSPS) is 11.4. The number of benzene rings is 1. The van der Waals surface area contributed by atoms with Crippen LogP contribution >= 0.6 is 39.1 Å². The maximum Gasteiger partial charge on any atom is 0.405 e. The lowest BCUT2D eigenvalue weighted by Crippen LogP contribution is -2.33. The van der Waals surface area contributed by atoms with Crippen LogP contribution in [0.1, 0.15) is 5.56 Å². The van der Waals surface area contributed by atoms with E-state index < -0.39 is 18.6 Å². The molecular weight excluding hydrogens is 358 g/mol. The molecule has 1 rings (SSSR count). The molecule has 0 spiro atoms. The molecule has 0 aromatic heterocycles. The molecule has 0 heterocycles. The summed E-state index contributed by atoms with van der Waals surface area (Å²) in [6.07, 6.45) is -3.46. The van der Waals surface area contributed by atoms with Crippen molar-refractivity contribution < 1.29 is 18.0 Å². The van der Waals surface area contributed by atoms with Gasteiger partial charge < -0.3 is 5.32 Å². The quantitative estimate of drug-likeness (QED) is 0.808. The monoisotopic (exact) mass is 362 g/mol. The van der Waals surface area contributed by atoms with Crippen molar-refractivity contribution in [3.63, 3.8) is 0 Å². The van der Waals surface area contributed by atoms with E-state index in [1.165, 1.54) is 12.1 Å². The Morgan fingerprint density at radius 3 is 2.28 bits per heavy atom. The lowest BCUT2D eigenvalue weighted by atomic mass is 10.1. The molecular formula is C10H6BrCl2F3NO. The van der Waals surface area contributed by atoms with E-state index in [4.69, 9.17) is 23.2 Å². The molecule has 0 aliphatic heterocycles. The molecule has 0 unspecified atom stereocenters. The van der Waals surface area contributed by atoms with E-state index in [0.717, 1.165) is 6.42 Å². The Morgan fingerprint density at radius 1 is 1.33 bits per heavy atom. The van der Waals surface area contributed by atoms with Crippen LogP contribution in [0.2, 0.25) is 10.0 Å². The van der Waals surface area contributed by atoms with Gasteiger partial charge in [0.25, 0.3) is 0 Å². The van der Waals surface area contributed by atoms with E-state index in [0.29, 0.717) is 10.0 Å². The summed E-state index contributed by atoms with van der Waals surface area (Å²) in [5.41, 5.74) is 0.313. The zero-order chi connectivity index (χ0) is 13.9. The number of carbonyl (C=O) groups excluding carboxylic acids is 1. The first kappa shape index (κ1) is 15.6. The lowest BCUT2D eigenvalue weighted by Gasteiger charge is -2.09. The van der Waals surface area contributed by atoms with Crippen molar-refractivity contribution in [3.8, 4) is 0 Å². The largest absolute Gasteiger partial charge is 0.405 e. The fourth-order valence-electron chi connectivity index (χ4n) is 1.05. The summed E-state index contributed by atoms with van der Waals surface area (Å²) in [5, 5.41) is 2.23. The summed E-state index contributed by atoms with van der Waals surface area (Å²) in [5.74, 6) is -0.873. The topological polar surface area (TPSA) is 29.1 Å². The van der Waals surface area contributed by atoms with Gasteiger partial charge in [-0.05, 0) is 33.6 Å². The van der Waals surface area contributed by atoms with Crippen molar-refractivity contribution in [2.24, 2.45) is 0 Å². The molecule has 8 heteroatoms. The molecule has 0 fully saturated rings. The van der Waals surface area contributed by atoms with Crippen LogP contribution in [0, 0.1) is 6.42 Å². The molecule has 0 saturated carbocycles. The fourth-order valence-corrected chi connectivity index (χ4v) is 1.78. The van der Waals surface area contributed by atoms with E-state index >= 15 is 0 Å². The average Bonchev–Trinajstić information content (AvgIpc) is 2.22. The highest BCUT2D eigenvalue weighted by atomic mass is 79.9. The Labute approximate surface area is 120 Å². The summed E-state index contributed by atoms with van der Waals surface area (Å²) in [6, 6.07) is 2.81. The predicted octanol–water partition coefficient (Wildman–Crippen LogP) is 3.99. The molecule has 1 N–H and O–H groups in total. The molecule has 1 amide bonds. The Balaban J connectivity index is 2.65. The zero-order valence-electron chi connectivity index (χ0n) is 8.62. The van der Waals surface area contributed by atoms with Crippen molar-refractivity contribution in [2.45, 2.75) is 6.18 Å². The minimum Gasteiger partial charge on any atom is -0.346 e. The van der Waals surface area contributed by atoms with Crippen molar-refractivity contribution >= 4 is 45.0 Å². The van der Waals surface area contributed by atoms with Crippen LogP contribution in [-0.2, 0) is 4.79 Å². The van der Waals surface area contributed by atoms with Crippen molar-refractivity contribution in [3.05, 3.63) is 38.6 Å². The van der Waals surface area contributed by atoms with Gasteiger partial charge in [0, 0.05) is 0 Å². The van der Waals surface area contributed by atoms with Gasteiger partial charge in [0.2, 0.25) is 5.91 Å². The van der Waals surface area contributed by atoms with Crippen LogP contribution in [0.5, 0.6) is 0 Å². The number of alkyl halides is 3.